The van der Waals surface area contributed by atoms with Crippen LogP contribution in [-0.4, -0.2) is 36.6 Å². The van der Waals surface area contributed by atoms with Crippen molar-refractivity contribution < 1.29 is 9.53 Å². The van der Waals surface area contributed by atoms with Crippen LogP contribution in [0.1, 0.15) is 32.0 Å². The monoisotopic (exact) mass is 294 g/mol. The van der Waals surface area contributed by atoms with Gasteiger partial charge in [-0.25, -0.2) is 0 Å². The summed E-state index contributed by atoms with van der Waals surface area (Å²) in [5.41, 5.74) is 1.20. The van der Waals surface area contributed by atoms with E-state index in [9.17, 15) is 4.79 Å². The Balaban J connectivity index is 1.80. The Morgan fingerprint density at radius 2 is 2.40 bits per heavy atom. The molecule has 2 fully saturated rings. The average molecular weight is 294 g/mol. The van der Waals surface area contributed by atoms with Crippen molar-refractivity contribution in [1.82, 2.24) is 10.2 Å². The molecule has 5 heteroatoms. The molecule has 0 radical (unpaired) electrons. The second-order valence-electron chi connectivity index (χ2n) is 6.07. The molecule has 3 atom stereocenters. The molecule has 3 unspecified atom stereocenters. The van der Waals surface area contributed by atoms with Crippen molar-refractivity contribution in [2.75, 3.05) is 19.8 Å². The highest BCUT2D eigenvalue weighted by Crippen LogP contribution is 2.31. The summed E-state index contributed by atoms with van der Waals surface area (Å²) in [5.74, 6) is 1.03. The van der Waals surface area contributed by atoms with Crippen molar-refractivity contribution in [3.05, 3.63) is 22.4 Å². The summed E-state index contributed by atoms with van der Waals surface area (Å²) in [6.45, 7) is 6.61. The van der Waals surface area contributed by atoms with E-state index in [1.165, 1.54) is 5.56 Å². The quantitative estimate of drug-likeness (QED) is 0.926. The number of nitrogens with zero attached hydrogens (tertiary/aromatic N) is 1. The van der Waals surface area contributed by atoms with Crippen molar-refractivity contribution in [2.45, 2.75) is 32.5 Å². The third kappa shape index (κ3) is 2.62. The number of rotatable bonds is 4. The van der Waals surface area contributed by atoms with E-state index in [0.29, 0.717) is 11.8 Å². The molecule has 1 aromatic heterocycles. The van der Waals surface area contributed by atoms with E-state index in [1.807, 2.05) is 4.90 Å². The molecule has 0 aliphatic carbocycles. The van der Waals surface area contributed by atoms with E-state index in [1.54, 1.807) is 11.3 Å². The maximum absolute atomic E-state index is 12.7. The van der Waals surface area contributed by atoms with E-state index in [2.05, 4.69) is 36.0 Å². The molecule has 1 aromatic rings. The molecule has 2 saturated heterocycles. The highest BCUT2D eigenvalue weighted by molar-refractivity contribution is 7.07. The second kappa shape index (κ2) is 5.84. The first-order valence-electron chi connectivity index (χ1n) is 7.33. The van der Waals surface area contributed by atoms with Crippen molar-refractivity contribution in [3.63, 3.8) is 0 Å². The third-order valence-corrected chi connectivity index (χ3v) is 4.90. The minimum Gasteiger partial charge on any atom is -0.381 e. The lowest BCUT2D eigenvalue weighted by atomic mass is 10.0. The van der Waals surface area contributed by atoms with Crippen LogP contribution in [0.25, 0.3) is 0 Å². The highest BCUT2D eigenvalue weighted by Gasteiger charge is 2.42. The topological polar surface area (TPSA) is 41.6 Å². The number of nitrogens with one attached hydrogen (secondary N) is 1. The maximum Gasteiger partial charge on any atom is 0.241 e. The number of hydrogen-bond donors (Lipinski definition) is 1. The van der Waals surface area contributed by atoms with E-state index in [-0.39, 0.29) is 18.1 Å². The molecule has 0 saturated carbocycles. The molecular weight excluding hydrogens is 272 g/mol. The normalized spacial score (nSPS) is 30.6. The third-order valence-electron chi connectivity index (χ3n) is 4.20. The fraction of sp³-hybridized carbons (Fsp3) is 0.667. The van der Waals surface area contributed by atoms with Crippen LogP contribution in [0.2, 0.25) is 0 Å². The number of carbonyl (C=O) groups is 1. The molecular formula is C15H22N2O2S. The molecule has 1 N–H and O–H groups in total. The van der Waals surface area contributed by atoms with Crippen LogP contribution in [0.5, 0.6) is 0 Å². The maximum atomic E-state index is 12.7. The molecule has 3 heterocycles. The molecule has 2 aliphatic heterocycles. The molecule has 20 heavy (non-hydrogen) atoms. The Bertz CT molecular complexity index is 454. The lowest BCUT2D eigenvalue weighted by Gasteiger charge is -2.26. The van der Waals surface area contributed by atoms with Gasteiger partial charge in [0.05, 0.1) is 12.6 Å². The van der Waals surface area contributed by atoms with Crippen molar-refractivity contribution in [1.29, 1.82) is 0 Å². The summed E-state index contributed by atoms with van der Waals surface area (Å²) >= 11 is 1.68. The number of hydrogen-bond acceptors (Lipinski definition) is 4. The van der Waals surface area contributed by atoms with Gasteiger partial charge in [-0.15, -0.1) is 0 Å². The van der Waals surface area contributed by atoms with Crippen LogP contribution in [0.3, 0.4) is 0 Å². The van der Waals surface area contributed by atoms with E-state index >= 15 is 0 Å². The van der Waals surface area contributed by atoms with Gasteiger partial charge in [0.1, 0.15) is 6.17 Å². The van der Waals surface area contributed by atoms with Gasteiger partial charge >= 0.3 is 0 Å². The van der Waals surface area contributed by atoms with Gasteiger partial charge in [0.15, 0.2) is 0 Å². The second-order valence-corrected chi connectivity index (χ2v) is 6.85. The lowest BCUT2D eigenvalue weighted by molar-refractivity contribution is -0.131. The van der Waals surface area contributed by atoms with Crippen LogP contribution in [-0.2, 0) is 9.53 Å². The minimum absolute atomic E-state index is 0.0294. The average Bonchev–Trinajstić information content (AvgIpc) is 3.13. The van der Waals surface area contributed by atoms with Gasteiger partial charge in [-0.2, -0.15) is 11.3 Å². The van der Waals surface area contributed by atoms with Crippen LogP contribution < -0.4 is 5.32 Å². The first-order valence-corrected chi connectivity index (χ1v) is 8.27. The fourth-order valence-electron chi connectivity index (χ4n) is 3.02. The zero-order valence-corrected chi connectivity index (χ0v) is 12.9. The summed E-state index contributed by atoms with van der Waals surface area (Å²) in [6.07, 6.45) is 1.09. The molecule has 110 valence electrons. The Kier molecular flexibility index (Phi) is 4.10. The summed E-state index contributed by atoms with van der Waals surface area (Å²) in [4.78, 5) is 14.7. The Morgan fingerprint density at radius 1 is 1.55 bits per heavy atom. The number of amides is 1. The van der Waals surface area contributed by atoms with Crippen molar-refractivity contribution in [2.24, 2.45) is 11.8 Å². The number of ether oxygens (including phenoxy) is 1. The largest absolute Gasteiger partial charge is 0.381 e. The predicted octanol–water partition coefficient (Wildman–Crippen LogP) is 2.24. The number of thiophene rings is 1. The van der Waals surface area contributed by atoms with Crippen LogP contribution >= 0.6 is 11.3 Å². The SMILES string of the molecule is CC(C)C1NC(c2ccsc2)N(CC2CCOC2)C1=O. The van der Waals surface area contributed by atoms with E-state index in [4.69, 9.17) is 4.74 Å². The summed E-state index contributed by atoms with van der Waals surface area (Å²) < 4.78 is 5.45. The van der Waals surface area contributed by atoms with Crippen molar-refractivity contribution in [3.8, 4) is 0 Å². The number of carbonyl (C=O) groups excluding carboxylic acids is 1. The van der Waals surface area contributed by atoms with Gasteiger partial charge in [-0.3, -0.25) is 10.1 Å². The molecule has 4 nitrogen and oxygen atoms in total. The zero-order valence-electron chi connectivity index (χ0n) is 12.0. The molecule has 0 bridgehead atoms. The highest BCUT2D eigenvalue weighted by atomic mass is 32.1. The summed E-state index contributed by atoms with van der Waals surface area (Å²) in [5, 5.41) is 7.71. The smallest absolute Gasteiger partial charge is 0.241 e. The fourth-order valence-corrected chi connectivity index (χ4v) is 3.70. The molecule has 0 aromatic carbocycles. The van der Waals surface area contributed by atoms with Crippen LogP contribution in [0.4, 0.5) is 0 Å². The summed E-state index contributed by atoms with van der Waals surface area (Å²) in [7, 11) is 0. The molecule has 2 aliphatic rings. The Hall–Kier alpha value is -0.910. The Labute approximate surface area is 124 Å². The van der Waals surface area contributed by atoms with Gasteiger partial charge in [0.25, 0.3) is 0 Å². The minimum atomic E-state index is -0.0674. The first kappa shape index (κ1) is 14.0. The van der Waals surface area contributed by atoms with Crippen LogP contribution in [0, 0.1) is 11.8 Å². The lowest BCUT2D eigenvalue weighted by Crippen LogP contribution is -2.36. The van der Waals surface area contributed by atoms with Gasteiger partial charge in [0, 0.05) is 19.1 Å². The van der Waals surface area contributed by atoms with Crippen molar-refractivity contribution >= 4 is 17.2 Å². The molecule has 0 spiro atoms. The van der Waals surface area contributed by atoms with Gasteiger partial charge < -0.3 is 9.64 Å². The zero-order chi connectivity index (χ0) is 14.1. The summed E-state index contributed by atoms with van der Waals surface area (Å²) in [6, 6.07) is 2.04. The standard InChI is InChI=1S/C15H22N2O2S/c1-10(2)13-15(18)17(7-11-3-5-19-8-11)14(16-13)12-4-6-20-9-12/h4,6,9-11,13-14,16H,3,5,7-8H2,1-2H3. The first-order chi connectivity index (χ1) is 9.66. The van der Waals surface area contributed by atoms with Gasteiger partial charge in [-0.05, 0) is 34.7 Å². The molecule has 3 rings (SSSR count). The molecule has 1 amide bonds. The van der Waals surface area contributed by atoms with Gasteiger partial charge in [-0.1, -0.05) is 13.8 Å². The van der Waals surface area contributed by atoms with E-state index < -0.39 is 0 Å². The van der Waals surface area contributed by atoms with E-state index in [0.717, 1.165) is 26.2 Å². The van der Waals surface area contributed by atoms with Crippen LogP contribution in [0.15, 0.2) is 16.8 Å². The van der Waals surface area contributed by atoms with Gasteiger partial charge in [0.2, 0.25) is 5.91 Å². The Morgan fingerprint density at radius 3 is 3.00 bits per heavy atom. The predicted molar refractivity (Wildman–Crippen MR) is 79.5 cm³/mol.